The number of fused-ring (bicyclic) bond motifs is 2. The number of methoxy groups -OCH3 is 1. The van der Waals surface area contributed by atoms with Gasteiger partial charge < -0.3 is 14.2 Å². The first kappa shape index (κ1) is 20.6. The van der Waals surface area contributed by atoms with Crippen LogP contribution in [0.2, 0.25) is 0 Å². The van der Waals surface area contributed by atoms with Gasteiger partial charge in [-0.15, -0.1) is 0 Å². The second-order valence-corrected chi connectivity index (χ2v) is 8.12. The molecule has 1 atom stereocenters. The summed E-state index contributed by atoms with van der Waals surface area (Å²) in [5.74, 6) is 0.00199. The number of ether oxygens (including phenoxy) is 1. The van der Waals surface area contributed by atoms with Crippen LogP contribution in [0.15, 0.2) is 29.2 Å². The van der Waals surface area contributed by atoms with E-state index in [1.165, 1.54) is 0 Å². The highest BCUT2D eigenvalue weighted by Gasteiger charge is 2.29. The lowest BCUT2D eigenvalue weighted by Gasteiger charge is -2.35. The van der Waals surface area contributed by atoms with Crippen molar-refractivity contribution in [2.45, 2.75) is 58.5 Å². The fraction of sp³-hybridized carbons (Fsp3) is 0.522. The molecule has 0 spiro atoms. The van der Waals surface area contributed by atoms with E-state index in [1.807, 2.05) is 28.5 Å². The molecule has 0 radical (unpaired) electrons. The summed E-state index contributed by atoms with van der Waals surface area (Å²) in [7, 11) is 1.67. The number of pyridine rings is 1. The third kappa shape index (κ3) is 3.51. The van der Waals surface area contributed by atoms with Crippen LogP contribution in [0.5, 0.6) is 0 Å². The third-order valence-electron chi connectivity index (χ3n) is 6.20. The van der Waals surface area contributed by atoms with Gasteiger partial charge >= 0.3 is 0 Å². The molecule has 0 N–H and O–H groups in total. The molecule has 30 heavy (non-hydrogen) atoms. The van der Waals surface area contributed by atoms with Crippen molar-refractivity contribution in [3.63, 3.8) is 0 Å². The predicted molar refractivity (Wildman–Crippen MR) is 117 cm³/mol. The number of piperidine rings is 1. The van der Waals surface area contributed by atoms with Gasteiger partial charge in [-0.25, -0.2) is 4.98 Å². The molecule has 0 saturated carbocycles. The quantitative estimate of drug-likeness (QED) is 0.584. The van der Waals surface area contributed by atoms with Gasteiger partial charge in [-0.05, 0) is 56.7 Å². The fourth-order valence-corrected chi connectivity index (χ4v) is 4.57. The van der Waals surface area contributed by atoms with Crippen LogP contribution in [0.3, 0.4) is 0 Å². The van der Waals surface area contributed by atoms with E-state index in [9.17, 15) is 9.59 Å². The van der Waals surface area contributed by atoms with Crippen LogP contribution in [-0.2, 0) is 11.3 Å². The summed E-state index contributed by atoms with van der Waals surface area (Å²) in [5, 5.41) is 0.490. The van der Waals surface area contributed by atoms with E-state index < -0.39 is 0 Å². The number of rotatable bonds is 6. The molecule has 1 fully saturated rings. The van der Waals surface area contributed by atoms with E-state index in [0.29, 0.717) is 35.5 Å². The molecule has 7 heteroatoms. The van der Waals surface area contributed by atoms with E-state index in [4.69, 9.17) is 9.72 Å². The normalized spacial score (nSPS) is 17.2. The van der Waals surface area contributed by atoms with E-state index >= 15 is 0 Å². The van der Waals surface area contributed by atoms with Gasteiger partial charge in [0.2, 0.25) is 0 Å². The predicted octanol–water partition coefficient (Wildman–Crippen LogP) is 3.40. The van der Waals surface area contributed by atoms with Crippen molar-refractivity contribution in [2.75, 3.05) is 20.3 Å². The lowest BCUT2D eigenvalue weighted by atomic mass is 9.99. The number of aromatic nitrogens is 3. The van der Waals surface area contributed by atoms with E-state index in [-0.39, 0.29) is 17.5 Å². The molecule has 160 valence electrons. The molecule has 4 heterocycles. The van der Waals surface area contributed by atoms with E-state index in [0.717, 1.165) is 44.2 Å². The summed E-state index contributed by atoms with van der Waals surface area (Å²) in [4.78, 5) is 33.6. The summed E-state index contributed by atoms with van der Waals surface area (Å²) in [6, 6.07) is 5.79. The Bertz CT molecular complexity index is 1130. The van der Waals surface area contributed by atoms with Gasteiger partial charge in [-0.3, -0.25) is 14.0 Å². The standard InChI is InChI=1S/C23H30N4O3/c1-4-17-10-5-6-11-25(17)23(29)19-15-18-21(26(19)13-8-14-30-3)24-20-16(2)9-7-12-27(20)22(18)28/h7,9,12,15,17H,4-6,8,10-11,13-14H2,1-3H3. The highest BCUT2D eigenvalue weighted by molar-refractivity contribution is 5.98. The second-order valence-electron chi connectivity index (χ2n) is 8.12. The van der Waals surface area contributed by atoms with Crippen LogP contribution in [0.1, 0.15) is 55.1 Å². The molecule has 4 rings (SSSR count). The number of nitrogens with zero attached hydrogens (tertiary/aromatic N) is 4. The number of carbonyl (C=O) groups excluding carboxylic acids is 1. The van der Waals surface area contributed by atoms with Crippen molar-refractivity contribution in [1.29, 1.82) is 0 Å². The minimum atomic E-state index is -0.135. The summed E-state index contributed by atoms with van der Waals surface area (Å²) in [6.07, 6.45) is 6.64. The van der Waals surface area contributed by atoms with Crippen molar-refractivity contribution in [3.8, 4) is 0 Å². The van der Waals surface area contributed by atoms with Gasteiger partial charge in [0.15, 0.2) is 0 Å². The second kappa shape index (κ2) is 8.60. The molecule has 1 unspecified atom stereocenters. The average molecular weight is 411 g/mol. The summed E-state index contributed by atoms with van der Waals surface area (Å²) in [6.45, 7) is 6.01. The van der Waals surface area contributed by atoms with Gasteiger partial charge in [-0.2, -0.15) is 0 Å². The van der Waals surface area contributed by atoms with Crippen LogP contribution >= 0.6 is 0 Å². The lowest BCUT2D eigenvalue weighted by Crippen LogP contribution is -2.44. The Kier molecular flexibility index (Phi) is 5.90. The highest BCUT2D eigenvalue weighted by atomic mass is 16.5. The zero-order valence-electron chi connectivity index (χ0n) is 18.1. The van der Waals surface area contributed by atoms with Crippen molar-refractivity contribution >= 4 is 22.6 Å². The van der Waals surface area contributed by atoms with Crippen molar-refractivity contribution in [2.24, 2.45) is 0 Å². The van der Waals surface area contributed by atoms with Gasteiger partial charge in [0.05, 0.1) is 5.39 Å². The smallest absolute Gasteiger partial charge is 0.270 e. The highest BCUT2D eigenvalue weighted by Crippen LogP contribution is 2.25. The Balaban J connectivity index is 1.89. The molecule has 0 aliphatic carbocycles. The maximum Gasteiger partial charge on any atom is 0.270 e. The molecule has 0 bridgehead atoms. The molecular weight excluding hydrogens is 380 g/mol. The molecule has 0 aromatic carbocycles. The molecule has 1 saturated heterocycles. The Hall–Kier alpha value is -2.67. The summed E-state index contributed by atoms with van der Waals surface area (Å²) < 4.78 is 8.71. The topological polar surface area (TPSA) is 68.8 Å². The fourth-order valence-electron chi connectivity index (χ4n) is 4.57. The zero-order chi connectivity index (χ0) is 21.3. The monoisotopic (exact) mass is 410 g/mol. The minimum Gasteiger partial charge on any atom is -0.385 e. The van der Waals surface area contributed by atoms with Gasteiger partial charge in [0.25, 0.3) is 11.5 Å². The summed E-state index contributed by atoms with van der Waals surface area (Å²) in [5.41, 5.74) is 2.56. The average Bonchev–Trinajstić information content (AvgIpc) is 3.13. The molecule has 1 amide bonds. The zero-order valence-corrected chi connectivity index (χ0v) is 18.1. The van der Waals surface area contributed by atoms with Crippen LogP contribution in [-0.4, -0.2) is 51.1 Å². The molecule has 3 aromatic rings. The van der Waals surface area contributed by atoms with Crippen LogP contribution in [0, 0.1) is 6.92 Å². The third-order valence-corrected chi connectivity index (χ3v) is 6.20. The molecule has 1 aliphatic rings. The number of likely N-dealkylation sites (tertiary alicyclic amines) is 1. The van der Waals surface area contributed by atoms with Crippen LogP contribution in [0.4, 0.5) is 0 Å². The van der Waals surface area contributed by atoms with Crippen molar-refractivity contribution in [1.82, 2.24) is 18.9 Å². The van der Waals surface area contributed by atoms with Gasteiger partial charge in [-0.1, -0.05) is 13.0 Å². The Morgan fingerprint density at radius 3 is 2.90 bits per heavy atom. The van der Waals surface area contributed by atoms with Gasteiger partial charge in [0, 0.05) is 39.0 Å². The largest absolute Gasteiger partial charge is 0.385 e. The number of amides is 1. The summed E-state index contributed by atoms with van der Waals surface area (Å²) >= 11 is 0. The van der Waals surface area contributed by atoms with Crippen molar-refractivity contribution < 1.29 is 9.53 Å². The molecule has 7 nitrogen and oxygen atoms in total. The van der Waals surface area contributed by atoms with E-state index in [2.05, 4.69) is 6.92 Å². The Labute approximate surface area is 176 Å². The lowest BCUT2D eigenvalue weighted by molar-refractivity contribution is 0.0596. The molecular formula is C23H30N4O3. The Morgan fingerprint density at radius 1 is 1.30 bits per heavy atom. The molecule has 3 aromatic heterocycles. The maximum atomic E-state index is 13.6. The SMILES string of the molecule is CCC1CCCCN1C(=O)c1cc2c(=O)n3cccc(C)c3nc2n1CCCOC. The number of hydrogen-bond acceptors (Lipinski definition) is 4. The number of carbonyl (C=O) groups is 1. The van der Waals surface area contributed by atoms with Crippen LogP contribution < -0.4 is 5.56 Å². The number of hydrogen-bond donors (Lipinski definition) is 0. The Morgan fingerprint density at radius 2 is 2.13 bits per heavy atom. The first-order chi connectivity index (χ1) is 14.6. The first-order valence-corrected chi connectivity index (χ1v) is 10.9. The number of aryl methyl sites for hydroxylation is 2. The van der Waals surface area contributed by atoms with Crippen LogP contribution in [0.25, 0.3) is 16.7 Å². The van der Waals surface area contributed by atoms with Crippen molar-refractivity contribution in [3.05, 3.63) is 46.0 Å². The minimum absolute atomic E-state index is 0.00199. The van der Waals surface area contributed by atoms with E-state index in [1.54, 1.807) is 23.8 Å². The molecule has 1 aliphatic heterocycles. The first-order valence-electron chi connectivity index (χ1n) is 10.9. The van der Waals surface area contributed by atoms with Gasteiger partial charge in [0.1, 0.15) is 17.0 Å². The maximum absolute atomic E-state index is 13.6.